The summed E-state index contributed by atoms with van der Waals surface area (Å²) in [6.07, 6.45) is -2.39. The maximum atomic E-state index is 12.7. The molecule has 0 radical (unpaired) electrons. The third-order valence-electron chi connectivity index (χ3n) is 3.92. The van der Waals surface area contributed by atoms with Crippen LogP contribution in [0.15, 0.2) is 41.2 Å². The van der Waals surface area contributed by atoms with Gasteiger partial charge in [0.2, 0.25) is 5.91 Å². The summed E-state index contributed by atoms with van der Waals surface area (Å²) in [6.45, 7) is -0.321. The lowest BCUT2D eigenvalue weighted by molar-refractivity contribution is -0.137. The topological polar surface area (TPSA) is 64.0 Å². The molecule has 5 nitrogen and oxygen atoms in total. The minimum absolute atomic E-state index is 0.0557. The van der Waals surface area contributed by atoms with Gasteiger partial charge in [-0.15, -0.1) is 0 Å². The number of carbonyl (C=O) groups is 1. The number of rotatable bonds is 5. The van der Waals surface area contributed by atoms with E-state index >= 15 is 0 Å². The van der Waals surface area contributed by atoms with E-state index in [0.717, 1.165) is 35.4 Å². The summed E-state index contributed by atoms with van der Waals surface area (Å²) in [5, 5.41) is 6.68. The largest absolute Gasteiger partial charge is 0.416 e. The molecule has 8 heteroatoms. The molecule has 1 fully saturated rings. The van der Waals surface area contributed by atoms with Crippen molar-refractivity contribution in [3.63, 3.8) is 0 Å². The van der Waals surface area contributed by atoms with Crippen LogP contribution in [0, 0.1) is 0 Å². The van der Waals surface area contributed by atoms with E-state index in [1.165, 1.54) is 18.2 Å². The van der Waals surface area contributed by atoms with Crippen molar-refractivity contribution in [1.29, 1.82) is 0 Å². The Bertz CT molecular complexity index is 842. The summed E-state index contributed by atoms with van der Waals surface area (Å²) in [4.78, 5) is 23.8. The molecule has 1 heterocycles. The molecule has 0 aliphatic heterocycles. The molecule has 0 bridgehead atoms. The summed E-state index contributed by atoms with van der Waals surface area (Å²) >= 11 is 0. The van der Waals surface area contributed by atoms with E-state index in [0.29, 0.717) is 11.5 Å². The van der Waals surface area contributed by atoms with Crippen molar-refractivity contribution >= 4 is 5.91 Å². The number of carbonyl (C=O) groups excluding carboxylic acids is 1. The number of halogens is 3. The fraction of sp³-hybridized carbons (Fsp3) is 0.353. The highest BCUT2D eigenvalue weighted by atomic mass is 19.4. The van der Waals surface area contributed by atoms with Gasteiger partial charge in [0.1, 0.15) is 6.54 Å². The molecule has 1 aliphatic rings. The van der Waals surface area contributed by atoms with Gasteiger partial charge in [-0.25, -0.2) is 4.68 Å². The van der Waals surface area contributed by atoms with E-state index in [2.05, 4.69) is 10.4 Å². The van der Waals surface area contributed by atoms with Crippen molar-refractivity contribution in [1.82, 2.24) is 15.1 Å². The number of nitrogens with one attached hydrogen (secondary N) is 1. The molecule has 0 atom stereocenters. The molecule has 1 aliphatic carbocycles. The third-order valence-corrected chi connectivity index (χ3v) is 3.92. The monoisotopic (exact) mass is 351 g/mol. The van der Waals surface area contributed by atoms with E-state index in [-0.39, 0.29) is 13.1 Å². The van der Waals surface area contributed by atoms with Crippen molar-refractivity contribution in [3.05, 3.63) is 63.6 Å². The second-order valence-electron chi connectivity index (χ2n) is 6.00. The molecule has 1 amide bonds. The molecular formula is C17H16F3N3O2. The second kappa shape index (κ2) is 6.70. The van der Waals surface area contributed by atoms with E-state index < -0.39 is 23.2 Å². The molecule has 1 saturated carbocycles. The average molecular weight is 351 g/mol. The van der Waals surface area contributed by atoms with Crippen LogP contribution in [-0.4, -0.2) is 15.7 Å². The normalized spacial score (nSPS) is 14.4. The van der Waals surface area contributed by atoms with Crippen LogP contribution in [0.4, 0.5) is 13.2 Å². The molecular weight excluding hydrogens is 335 g/mol. The Morgan fingerprint density at radius 2 is 2.00 bits per heavy atom. The minimum Gasteiger partial charge on any atom is -0.350 e. The Morgan fingerprint density at radius 1 is 1.24 bits per heavy atom. The standard InChI is InChI=1S/C17H16F3N3O2/c18-17(19,20)13-3-1-2-11(8-13)9-21-15(24)10-23-16(25)7-6-14(22-23)12-4-5-12/h1-3,6-8,12H,4-5,9-10H2,(H,21,24). The van der Waals surface area contributed by atoms with Crippen molar-refractivity contribution in [3.8, 4) is 0 Å². The van der Waals surface area contributed by atoms with Gasteiger partial charge in [0.15, 0.2) is 0 Å². The molecule has 0 saturated heterocycles. The number of hydrogen-bond donors (Lipinski definition) is 1. The van der Waals surface area contributed by atoms with Gasteiger partial charge in [-0.1, -0.05) is 12.1 Å². The highest BCUT2D eigenvalue weighted by molar-refractivity contribution is 5.75. The molecule has 3 rings (SSSR count). The van der Waals surface area contributed by atoms with Crippen LogP contribution in [0.3, 0.4) is 0 Å². The lowest BCUT2D eigenvalue weighted by Gasteiger charge is -2.10. The number of benzene rings is 1. The van der Waals surface area contributed by atoms with Crippen molar-refractivity contribution < 1.29 is 18.0 Å². The second-order valence-corrected chi connectivity index (χ2v) is 6.00. The van der Waals surface area contributed by atoms with Gasteiger partial charge in [0, 0.05) is 18.5 Å². The first-order valence-corrected chi connectivity index (χ1v) is 7.84. The first kappa shape index (κ1) is 17.2. The van der Waals surface area contributed by atoms with Crippen LogP contribution in [0.2, 0.25) is 0 Å². The fourth-order valence-electron chi connectivity index (χ4n) is 2.43. The minimum atomic E-state index is -4.43. The molecule has 1 aromatic carbocycles. The molecule has 0 spiro atoms. The lowest BCUT2D eigenvalue weighted by atomic mass is 10.1. The zero-order valence-corrected chi connectivity index (χ0v) is 13.2. The van der Waals surface area contributed by atoms with Crippen LogP contribution < -0.4 is 10.9 Å². The molecule has 2 aromatic rings. The van der Waals surface area contributed by atoms with Gasteiger partial charge in [-0.3, -0.25) is 9.59 Å². The van der Waals surface area contributed by atoms with Gasteiger partial charge < -0.3 is 5.32 Å². The molecule has 25 heavy (non-hydrogen) atoms. The van der Waals surface area contributed by atoms with Gasteiger partial charge in [0.25, 0.3) is 5.56 Å². The number of hydrogen-bond acceptors (Lipinski definition) is 3. The lowest BCUT2D eigenvalue weighted by Crippen LogP contribution is -2.33. The SMILES string of the molecule is O=C(Cn1nc(C2CC2)ccc1=O)NCc1cccc(C(F)(F)F)c1. The van der Waals surface area contributed by atoms with E-state index in [4.69, 9.17) is 0 Å². The Hall–Kier alpha value is -2.64. The van der Waals surface area contributed by atoms with E-state index in [1.807, 2.05) is 0 Å². The van der Waals surface area contributed by atoms with Crippen molar-refractivity contribution in [2.75, 3.05) is 0 Å². The Morgan fingerprint density at radius 3 is 2.68 bits per heavy atom. The quantitative estimate of drug-likeness (QED) is 0.900. The molecule has 1 N–H and O–H groups in total. The van der Waals surface area contributed by atoms with Gasteiger partial charge in [0.05, 0.1) is 11.3 Å². The Balaban J connectivity index is 1.62. The third kappa shape index (κ3) is 4.46. The van der Waals surface area contributed by atoms with Crippen LogP contribution in [-0.2, 0) is 24.1 Å². The first-order chi connectivity index (χ1) is 11.8. The first-order valence-electron chi connectivity index (χ1n) is 7.84. The summed E-state index contributed by atoms with van der Waals surface area (Å²) in [6, 6.07) is 7.78. The summed E-state index contributed by atoms with van der Waals surface area (Å²) in [5.41, 5.74) is -0.0478. The van der Waals surface area contributed by atoms with Gasteiger partial charge in [-0.2, -0.15) is 18.3 Å². The summed E-state index contributed by atoms with van der Waals surface area (Å²) in [7, 11) is 0. The van der Waals surface area contributed by atoms with E-state index in [9.17, 15) is 22.8 Å². The highest BCUT2D eigenvalue weighted by Crippen LogP contribution is 2.38. The summed E-state index contributed by atoms with van der Waals surface area (Å²) in [5.74, 6) is -0.139. The number of nitrogens with zero attached hydrogens (tertiary/aromatic N) is 2. The number of alkyl halides is 3. The zero-order chi connectivity index (χ0) is 18.0. The molecule has 0 unspecified atom stereocenters. The number of aromatic nitrogens is 2. The predicted octanol–water partition coefficient (Wildman–Crippen LogP) is 2.46. The van der Waals surface area contributed by atoms with Crippen LogP contribution >= 0.6 is 0 Å². The molecule has 1 aromatic heterocycles. The van der Waals surface area contributed by atoms with Crippen LogP contribution in [0.5, 0.6) is 0 Å². The van der Waals surface area contributed by atoms with Gasteiger partial charge in [-0.05, 0) is 36.6 Å². The Kier molecular flexibility index (Phi) is 4.61. The summed E-state index contributed by atoms with van der Waals surface area (Å²) < 4.78 is 39.1. The van der Waals surface area contributed by atoms with E-state index in [1.54, 1.807) is 6.07 Å². The predicted molar refractivity (Wildman–Crippen MR) is 83.8 cm³/mol. The van der Waals surface area contributed by atoms with Gasteiger partial charge >= 0.3 is 6.18 Å². The average Bonchev–Trinajstić information content (AvgIpc) is 3.39. The smallest absolute Gasteiger partial charge is 0.350 e. The fourth-order valence-corrected chi connectivity index (χ4v) is 2.43. The van der Waals surface area contributed by atoms with Crippen molar-refractivity contribution in [2.45, 2.75) is 38.0 Å². The number of amides is 1. The van der Waals surface area contributed by atoms with Crippen LogP contribution in [0.25, 0.3) is 0 Å². The maximum absolute atomic E-state index is 12.7. The van der Waals surface area contributed by atoms with Crippen LogP contribution in [0.1, 0.15) is 35.6 Å². The zero-order valence-electron chi connectivity index (χ0n) is 13.2. The Labute approximate surface area is 141 Å². The highest BCUT2D eigenvalue weighted by Gasteiger charge is 2.30. The molecule has 132 valence electrons. The maximum Gasteiger partial charge on any atom is 0.416 e. The van der Waals surface area contributed by atoms with Crippen molar-refractivity contribution in [2.24, 2.45) is 0 Å².